The molecule has 0 saturated carbocycles. The van der Waals surface area contributed by atoms with Crippen molar-refractivity contribution in [3.8, 4) is 0 Å². The topological polar surface area (TPSA) is 58.3 Å². The summed E-state index contributed by atoms with van der Waals surface area (Å²) in [4.78, 5) is 0. The van der Waals surface area contributed by atoms with E-state index in [0.717, 1.165) is 19.3 Å². The van der Waals surface area contributed by atoms with E-state index >= 15 is 0 Å². The summed E-state index contributed by atoms with van der Waals surface area (Å²) >= 11 is 0. The zero-order chi connectivity index (χ0) is 13.4. The molecule has 2 atom stereocenters. The molecule has 0 aliphatic carbocycles. The van der Waals surface area contributed by atoms with Crippen molar-refractivity contribution in [2.24, 2.45) is 5.73 Å². The zero-order valence-corrected chi connectivity index (χ0v) is 11.5. The second-order valence-corrected chi connectivity index (χ2v) is 4.62. The van der Waals surface area contributed by atoms with Crippen LogP contribution in [0.3, 0.4) is 0 Å². The summed E-state index contributed by atoms with van der Waals surface area (Å²) in [5.74, 6) is 0. The van der Waals surface area contributed by atoms with E-state index in [0.29, 0.717) is 12.6 Å². The molecular formula is C15H26N2O. The maximum absolute atomic E-state index is 9.05. The van der Waals surface area contributed by atoms with Crippen LogP contribution in [0, 0.1) is 0 Å². The summed E-state index contributed by atoms with van der Waals surface area (Å²) < 4.78 is 0. The Hall–Kier alpha value is -0.900. The van der Waals surface area contributed by atoms with Crippen molar-refractivity contribution in [1.29, 1.82) is 0 Å². The van der Waals surface area contributed by atoms with Crippen LogP contribution in [0.4, 0.5) is 0 Å². The molecule has 18 heavy (non-hydrogen) atoms. The average Bonchev–Trinajstić information content (AvgIpc) is 2.43. The van der Waals surface area contributed by atoms with E-state index < -0.39 is 0 Å². The minimum absolute atomic E-state index is 0.178. The van der Waals surface area contributed by atoms with Gasteiger partial charge in [-0.2, -0.15) is 0 Å². The number of nitrogens with two attached hydrogens (primary N) is 1. The number of aliphatic hydroxyl groups is 1. The molecule has 0 heterocycles. The van der Waals surface area contributed by atoms with Crippen LogP contribution < -0.4 is 11.1 Å². The first-order valence-corrected chi connectivity index (χ1v) is 6.91. The second-order valence-electron chi connectivity index (χ2n) is 4.62. The number of hydrogen-bond donors (Lipinski definition) is 3. The fourth-order valence-electron chi connectivity index (χ4n) is 2.33. The summed E-state index contributed by atoms with van der Waals surface area (Å²) in [5, 5.41) is 12.6. The van der Waals surface area contributed by atoms with Gasteiger partial charge >= 0.3 is 0 Å². The standard InChI is InChI=1S/C15H26N2O/c1-3-12-7-5-6-8-14(12)15(11-16)17-13(4-2)9-10-18/h5-8,13,15,17-18H,3-4,9-11,16H2,1-2H3. The monoisotopic (exact) mass is 250 g/mol. The number of hydrogen-bond acceptors (Lipinski definition) is 3. The molecule has 0 aliphatic rings. The van der Waals surface area contributed by atoms with Crippen molar-refractivity contribution in [3.05, 3.63) is 35.4 Å². The van der Waals surface area contributed by atoms with Gasteiger partial charge in [0.25, 0.3) is 0 Å². The molecule has 0 saturated heterocycles. The Bertz CT molecular complexity index is 341. The minimum Gasteiger partial charge on any atom is -0.396 e. The molecule has 2 unspecified atom stereocenters. The van der Waals surface area contributed by atoms with Crippen molar-refractivity contribution >= 4 is 0 Å². The van der Waals surface area contributed by atoms with Gasteiger partial charge in [-0.3, -0.25) is 0 Å². The van der Waals surface area contributed by atoms with Crippen LogP contribution in [0.2, 0.25) is 0 Å². The normalized spacial score (nSPS) is 14.4. The van der Waals surface area contributed by atoms with Crippen LogP contribution in [0.5, 0.6) is 0 Å². The van der Waals surface area contributed by atoms with Crippen LogP contribution in [-0.4, -0.2) is 24.3 Å². The van der Waals surface area contributed by atoms with Gasteiger partial charge in [0.05, 0.1) is 0 Å². The molecule has 0 bridgehead atoms. The third-order valence-electron chi connectivity index (χ3n) is 3.45. The molecule has 0 aliphatic heterocycles. The van der Waals surface area contributed by atoms with E-state index in [1.165, 1.54) is 11.1 Å². The third kappa shape index (κ3) is 4.09. The summed E-state index contributed by atoms with van der Waals surface area (Å²) in [6, 6.07) is 8.94. The van der Waals surface area contributed by atoms with Gasteiger partial charge in [0, 0.05) is 25.2 Å². The molecule has 1 rings (SSSR count). The maximum atomic E-state index is 9.05. The Kier molecular flexibility index (Phi) is 6.94. The summed E-state index contributed by atoms with van der Waals surface area (Å²) in [6.07, 6.45) is 2.80. The van der Waals surface area contributed by atoms with Crippen LogP contribution in [0.25, 0.3) is 0 Å². The van der Waals surface area contributed by atoms with Crippen molar-refractivity contribution in [2.45, 2.75) is 45.2 Å². The van der Waals surface area contributed by atoms with Gasteiger partial charge in [-0.25, -0.2) is 0 Å². The van der Waals surface area contributed by atoms with Gasteiger partial charge in [0.15, 0.2) is 0 Å². The Balaban J connectivity index is 2.81. The van der Waals surface area contributed by atoms with Gasteiger partial charge in [-0.15, -0.1) is 0 Å². The lowest BCUT2D eigenvalue weighted by Crippen LogP contribution is -2.37. The van der Waals surface area contributed by atoms with E-state index in [1.54, 1.807) is 0 Å². The quantitative estimate of drug-likeness (QED) is 0.661. The molecule has 1 aromatic rings. The third-order valence-corrected chi connectivity index (χ3v) is 3.45. The molecule has 0 radical (unpaired) electrons. The second kappa shape index (κ2) is 8.25. The number of aliphatic hydroxyl groups excluding tert-OH is 1. The first kappa shape index (κ1) is 15.2. The fraction of sp³-hybridized carbons (Fsp3) is 0.600. The number of nitrogens with one attached hydrogen (secondary N) is 1. The molecule has 0 amide bonds. The van der Waals surface area contributed by atoms with Gasteiger partial charge in [0.2, 0.25) is 0 Å². The fourth-order valence-corrected chi connectivity index (χ4v) is 2.33. The first-order chi connectivity index (χ1) is 8.76. The van der Waals surface area contributed by atoms with Crippen LogP contribution in [0.15, 0.2) is 24.3 Å². The molecule has 0 fully saturated rings. The van der Waals surface area contributed by atoms with Gasteiger partial charge in [0.1, 0.15) is 0 Å². The number of aryl methyl sites for hydroxylation is 1. The highest BCUT2D eigenvalue weighted by Gasteiger charge is 2.16. The highest BCUT2D eigenvalue weighted by molar-refractivity contribution is 5.30. The molecule has 0 aromatic heterocycles. The highest BCUT2D eigenvalue weighted by atomic mass is 16.3. The molecular weight excluding hydrogens is 224 g/mol. The average molecular weight is 250 g/mol. The Labute approximate surface area is 110 Å². The molecule has 1 aromatic carbocycles. The van der Waals surface area contributed by atoms with E-state index in [-0.39, 0.29) is 12.6 Å². The Morgan fingerprint density at radius 2 is 2.00 bits per heavy atom. The highest BCUT2D eigenvalue weighted by Crippen LogP contribution is 2.19. The first-order valence-electron chi connectivity index (χ1n) is 6.91. The predicted octanol–water partition coefficient (Wildman–Crippen LogP) is 2.00. The maximum Gasteiger partial charge on any atom is 0.0449 e. The van der Waals surface area contributed by atoms with Crippen LogP contribution in [0.1, 0.15) is 43.9 Å². The van der Waals surface area contributed by atoms with Crippen molar-refractivity contribution in [3.63, 3.8) is 0 Å². The largest absolute Gasteiger partial charge is 0.396 e. The summed E-state index contributed by atoms with van der Waals surface area (Å²) in [7, 11) is 0. The van der Waals surface area contributed by atoms with Gasteiger partial charge < -0.3 is 16.2 Å². The summed E-state index contributed by atoms with van der Waals surface area (Å²) in [5.41, 5.74) is 8.54. The van der Waals surface area contributed by atoms with Crippen LogP contribution >= 0.6 is 0 Å². The lowest BCUT2D eigenvalue weighted by molar-refractivity contribution is 0.255. The van der Waals surface area contributed by atoms with Crippen LogP contribution in [-0.2, 0) is 6.42 Å². The Morgan fingerprint density at radius 1 is 1.28 bits per heavy atom. The number of rotatable bonds is 8. The lowest BCUT2D eigenvalue weighted by atomic mass is 9.97. The predicted molar refractivity (Wildman–Crippen MR) is 76.5 cm³/mol. The van der Waals surface area contributed by atoms with E-state index in [4.69, 9.17) is 10.8 Å². The van der Waals surface area contributed by atoms with Crippen molar-refractivity contribution < 1.29 is 5.11 Å². The smallest absolute Gasteiger partial charge is 0.0449 e. The number of benzene rings is 1. The van der Waals surface area contributed by atoms with Gasteiger partial charge in [-0.05, 0) is 30.4 Å². The molecule has 4 N–H and O–H groups in total. The molecule has 3 heteroatoms. The molecule has 0 spiro atoms. The Morgan fingerprint density at radius 3 is 2.56 bits per heavy atom. The molecule has 3 nitrogen and oxygen atoms in total. The lowest BCUT2D eigenvalue weighted by Gasteiger charge is -2.25. The summed E-state index contributed by atoms with van der Waals surface area (Å²) in [6.45, 7) is 5.10. The van der Waals surface area contributed by atoms with E-state index in [2.05, 4.69) is 43.4 Å². The van der Waals surface area contributed by atoms with Crippen molar-refractivity contribution in [1.82, 2.24) is 5.32 Å². The van der Waals surface area contributed by atoms with E-state index in [1.807, 2.05) is 0 Å². The van der Waals surface area contributed by atoms with E-state index in [9.17, 15) is 0 Å². The SMILES string of the molecule is CCc1ccccc1C(CN)NC(CC)CCO. The van der Waals surface area contributed by atoms with Gasteiger partial charge in [-0.1, -0.05) is 38.1 Å². The molecule has 102 valence electrons. The minimum atomic E-state index is 0.178. The zero-order valence-electron chi connectivity index (χ0n) is 11.5. The van der Waals surface area contributed by atoms with Crippen molar-refractivity contribution in [2.75, 3.05) is 13.2 Å².